The van der Waals surface area contributed by atoms with E-state index in [-0.39, 0.29) is 0 Å². The van der Waals surface area contributed by atoms with Crippen LogP contribution in [0, 0.1) is 0 Å². The van der Waals surface area contributed by atoms with Crippen molar-refractivity contribution in [2.75, 3.05) is 12.3 Å². The lowest BCUT2D eigenvalue weighted by Crippen LogP contribution is -2.32. The SMILES string of the molecule is CC(C)(C)[N+]1=CSCC1. The molecule has 1 rings (SSSR count). The van der Waals surface area contributed by atoms with Crippen molar-refractivity contribution >= 4 is 17.3 Å². The van der Waals surface area contributed by atoms with Gasteiger partial charge in [-0.15, -0.1) is 0 Å². The summed E-state index contributed by atoms with van der Waals surface area (Å²) in [5.41, 5.74) is 2.57. The zero-order chi connectivity index (χ0) is 6.91. The minimum absolute atomic E-state index is 0.337. The van der Waals surface area contributed by atoms with Gasteiger partial charge in [0.1, 0.15) is 0 Å². The standard InChI is InChI=1S/C7H14NS/c1-7(2,3)8-4-5-9-6-8/h6H,4-5H2,1-3H3/q+1. The Morgan fingerprint density at radius 2 is 2.11 bits per heavy atom. The molecular weight excluding hydrogens is 130 g/mol. The second kappa shape index (κ2) is 2.33. The first kappa shape index (κ1) is 7.13. The van der Waals surface area contributed by atoms with Gasteiger partial charge in [0.15, 0.2) is 17.6 Å². The number of hydrogen-bond acceptors (Lipinski definition) is 1. The molecule has 0 aliphatic carbocycles. The lowest BCUT2D eigenvalue weighted by Gasteiger charge is -2.13. The summed E-state index contributed by atoms with van der Waals surface area (Å²) >= 11 is 1.91. The second-order valence-electron chi connectivity index (χ2n) is 3.34. The molecule has 0 saturated heterocycles. The Balaban J connectivity index is 2.61. The van der Waals surface area contributed by atoms with E-state index in [1.807, 2.05) is 11.8 Å². The monoisotopic (exact) mass is 144 g/mol. The summed E-state index contributed by atoms with van der Waals surface area (Å²) in [7, 11) is 0. The summed E-state index contributed by atoms with van der Waals surface area (Å²) in [5, 5.41) is 0. The van der Waals surface area contributed by atoms with E-state index in [0.29, 0.717) is 5.54 Å². The van der Waals surface area contributed by atoms with Gasteiger partial charge >= 0.3 is 0 Å². The molecule has 0 amide bonds. The highest BCUT2D eigenvalue weighted by Crippen LogP contribution is 2.13. The van der Waals surface area contributed by atoms with Crippen LogP contribution >= 0.6 is 11.8 Å². The van der Waals surface area contributed by atoms with Crippen molar-refractivity contribution < 1.29 is 4.58 Å². The molecule has 1 aliphatic rings. The highest BCUT2D eigenvalue weighted by atomic mass is 32.2. The molecule has 0 unspecified atom stereocenters. The Morgan fingerprint density at radius 1 is 1.44 bits per heavy atom. The van der Waals surface area contributed by atoms with Crippen LogP contribution in [0.3, 0.4) is 0 Å². The molecule has 0 atom stereocenters. The maximum Gasteiger partial charge on any atom is 0.198 e. The number of nitrogens with zero attached hydrogens (tertiary/aromatic N) is 1. The molecular formula is C7H14NS+. The largest absolute Gasteiger partial charge is 0.225 e. The third kappa shape index (κ3) is 1.71. The molecule has 0 bridgehead atoms. The van der Waals surface area contributed by atoms with Crippen LogP contribution in [0.2, 0.25) is 0 Å². The van der Waals surface area contributed by atoms with Crippen LogP contribution in [-0.2, 0) is 0 Å². The summed E-state index contributed by atoms with van der Waals surface area (Å²) < 4.78 is 2.39. The lowest BCUT2D eigenvalue weighted by atomic mass is 10.1. The Hall–Kier alpha value is 0.0200. The van der Waals surface area contributed by atoms with Gasteiger partial charge in [0.2, 0.25) is 0 Å². The van der Waals surface area contributed by atoms with Gasteiger partial charge in [-0.2, -0.15) is 0 Å². The fourth-order valence-electron chi connectivity index (χ4n) is 0.840. The maximum atomic E-state index is 2.39. The third-order valence-electron chi connectivity index (χ3n) is 1.51. The topological polar surface area (TPSA) is 3.01 Å². The van der Waals surface area contributed by atoms with Crippen LogP contribution in [0.5, 0.6) is 0 Å². The summed E-state index contributed by atoms with van der Waals surface area (Å²) in [6, 6.07) is 0. The molecule has 9 heavy (non-hydrogen) atoms. The fourth-order valence-corrected chi connectivity index (χ4v) is 1.85. The molecule has 0 spiro atoms. The molecule has 0 saturated carbocycles. The van der Waals surface area contributed by atoms with Crippen molar-refractivity contribution in [3.05, 3.63) is 0 Å². The predicted molar refractivity (Wildman–Crippen MR) is 43.4 cm³/mol. The van der Waals surface area contributed by atoms with Gasteiger partial charge in [0, 0.05) is 0 Å². The molecule has 0 aromatic carbocycles. The average Bonchev–Trinajstić information content (AvgIpc) is 2.08. The van der Waals surface area contributed by atoms with Crippen LogP contribution in [0.25, 0.3) is 0 Å². The van der Waals surface area contributed by atoms with E-state index in [4.69, 9.17) is 0 Å². The predicted octanol–water partition coefficient (Wildman–Crippen LogP) is 1.57. The van der Waals surface area contributed by atoms with Crippen LogP contribution in [0.1, 0.15) is 20.8 Å². The number of thioether (sulfide) groups is 1. The third-order valence-corrected chi connectivity index (χ3v) is 2.34. The lowest BCUT2D eigenvalue weighted by molar-refractivity contribution is -0.584. The average molecular weight is 144 g/mol. The summed E-state index contributed by atoms with van der Waals surface area (Å²) in [4.78, 5) is 0. The summed E-state index contributed by atoms with van der Waals surface area (Å²) in [6.45, 7) is 7.95. The van der Waals surface area contributed by atoms with Gasteiger partial charge in [0.25, 0.3) is 0 Å². The molecule has 1 heterocycles. The normalized spacial score (nSPS) is 20.1. The van der Waals surface area contributed by atoms with E-state index in [1.165, 1.54) is 12.3 Å². The van der Waals surface area contributed by atoms with Crippen molar-refractivity contribution in [3.8, 4) is 0 Å². The van der Waals surface area contributed by atoms with Crippen LogP contribution in [0.4, 0.5) is 0 Å². The van der Waals surface area contributed by atoms with E-state index >= 15 is 0 Å². The minimum atomic E-state index is 0.337. The van der Waals surface area contributed by atoms with Gasteiger partial charge in [0.05, 0.1) is 5.75 Å². The first-order valence-electron chi connectivity index (χ1n) is 3.32. The van der Waals surface area contributed by atoms with Gasteiger partial charge < -0.3 is 0 Å². The number of rotatable bonds is 0. The molecule has 1 nitrogen and oxygen atoms in total. The zero-order valence-electron chi connectivity index (χ0n) is 6.35. The van der Waals surface area contributed by atoms with E-state index in [9.17, 15) is 0 Å². The second-order valence-corrected chi connectivity index (χ2v) is 4.29. The van der Waals surface area contributed by atoms with Crippen molar-refractivity contribution in [1.82, 2.24) is 0 Å². The van der Waals surface area contributed by atoms with Crippen molar-refractivity contribution in [1.29, 1.82) is 0 Å². The van der Waals surface area contributed by atoms with Gasteiger partial charge in [-0.1, -0.05) is 11.8 Å². The fraction of sp³-hybridized carbons (Fsp3) is 0.857. The van der Waals surface area contributed by atoms with Gasteiger partial charge in [-0.25, -0.2) is 4.58 Å². The van der Waals surface area contributed by atoms with Crippen molar-refractivity contribution in [3.63, 3.8) is 0 Å². The molecule has 0 aromatic rings. The maximum absolute atomic E-state index is 2.39. The molecule has 52 valence electrons. The summed E-state index contributed by atoms with van der Waals surface area (Å²) in [6.07, 6.45) is 0. The van der Waals surface area contributed by atoms with Crippen LogP contribution in [0.15, 0.2) is 0 Å². The van der Waals surface area contributed by atoms with E-state index in [0.717, 1.165) is 0 Å². The minimum Gasteiger partial charge on any atom is -0.225 e. The van der Waals surface area contributed by atoms with Crippen LogP contribution in [-0.4, -0.2) is 28.0 Å². The highest BCUT2D eigenvalue weighted by molar-refractivity contribution is 8.12. The Kier molecular flexibility index (Phi) is 1.85. The molecule has 0 aromatic heterocycles. The Bertz CT molecular complexity index is 132. The van der Waals surface area contributed by atoms with E-state index in [1.54, 1.807) is 0 Å². The molecule has 0 N–H and O–H groups in total. The summed E-state index contributed by atoms with van der Waals surface area (Å²) in [5.74, 6) is 1.26. The van der Waals surface area contributed by atoms with Crippen molar-refractivity contribution in [2.45, 2.75) is 26.3 Å². The van der Waals surface area contributed by atoms with E-state index in [2.05, 4.69) is 30.9 Å². The van der Waals surface area contributed by atoms with E-state index < -0.39 is 0 Å². The Labute approximate surface area is 61.2 Å². The Morgan fingerprint density at radius 3 is 2.33 bits per heavy atom. The van der Waals surface area contributed by atoms with Gasteiger partial charge in [-0.3, -0.25) is 0 Å². The smallest absolute Gasteiger partial charge is 0.198 e. The van der Waals surface area contributed by atoms with Crippen molar-refractivity contribution in [2.24, 2.45) is 0 Å². The molecule has 0 radical (unpaired) electrons. The zero-order valence-corrected chi connectivity index (χ0v) is 7.16. The number of hydrogen-bond donors (Lipinski definition) is 0. The molecule has 1 aliphatic heterocycles. The quantitative estimate of drug-likeness (QED) is 0.466. The van der Waals surface area contributed by atoms with Gasteiger partial charge in [-0.05, 0) is 20.8 Å². The first-order chi connectivity index (χ1) is 4.11. The molecule has 0 fully saturated rings. The first-order valence-corrected chi connectivity index (χ1v) is 4.37. The highest BCUT2D eigenvalue weighted by Gasteiger charge is 2.26. The molecule has 2 heteroatoms. The van der Waals surface area contributed by atoms with Crippen LogP contribution < -0.4 is 0 Å².